The van der Waals surface area contributed by atoms with E-state index < -0.39 is 0 Å². The number of nitrogens with one attached hydrogen (secondary N) is 1. The van der Waals surface area contributed by atoms with Gasteiger partial charge in [0.1, 0.15) is 18.1 Å². The SMILES string of the molecule is Cc1ccc(O)cc1/C=C/c1cnc(Nc2ccc(OCCN3CCCC3)cc2)nc1. The standard InChI is InChI=1S/C25H28N4O2/c1-19-4-9-23(30)16-21(19)6-5-20-17-26-25(27-18-20)28-22-7-10-24(11-8-22)31-15-14-29-12-2-3-13-29/h4-11,16-18,30H,2-3,12-15H2,1H3,(H,26,27,28)/b6-5+. The van der Waals surface area contributed by atoms with Gasteiger partial charge in [0.15, 0.2) is 0 Å². The second-order valence-corrected chi connectivity index (χ2v) is 7.76. The number of phenols is 1. The van der Waals surface area contributed by atoms with Gasteiger partial charge in [-0.25, -0.2) is 9.97 Å². The number of anilines is 2. The van der Waals surface area contributed by atoms with Crippen LogP contribution in [0, 0.1) is 6.92 Å². The van der Waals surface area contributed by atoms with Gasteiger partial charge in [0.2, 0.25) is 5.95 Å². The molecule has 1 aliphatic heterocycles. The highest BCUT2D eigenvalue weighted by Crippen LogP contribution is 2.20. The fraction of sp³-hybridized carbons (Fsp3) is 0.280. The van der Waals surface area contributed by atoms with Crippen LogP contribution in [-0.2, 0) is 0 Å². The van der Waals surface area contributed by atoms with E-state index in [1.165, 1.54) is 25.9 Å². The molecule has 0 unspecified atom stereocenters. The quantitative estimate of drug-likeness (QED) is 0.545. The van der Waals surface area contributed by atoms with E-state index in [2.05, 4.69) is 20.2 Å². The van der Waals surface area contributed by atoms with Crippen molar-refractivity contribution in [3.05, 3.63) is 71.5 Å². The Bertz CT molecular complexity index is 1010. The number of nitrogens with zero attached hydrogens (tertiary/aromatic N) is 3. The Hall–Kier alpha value is -3.38. The highest BCUT2D eigenvalue weighted by atomic mass is 16.5. The topological polar surface area (TPSA) is 70.5 Å². The van der Waals surface area contributed by atoms with Gasteiger partial charge in [0.05, 0.1) is 0 Å². The first-order chi connectivity index (χ1) is 15.2. The smallest absolute Gasteiger partial charge is 0.227 e. The van der Waals surface area contributed by atoms with Crippen LogP contribution in [0.15, 0.2) is 54.9 Å². The zero-order valence-electron chi connectivity index (χ0n) is 17.8. The number of hydrogen-bond donors (Lipinski definition) is 2. The maximum atomic E-state index is 9.64. The molecule has 0 spiro atoms. The van der Waals surface area contributed by atoms with Crippen LogP contribution < -0.4 is 10.1 Å². The molecule has 0 bridgehead atoms. The Kier molecular flexibility index (Phi) is 6.79. The lowest BCUT2D eigenvalue weighted by Gasteiger charge is -2.15. The lowest BCUT2D eigenvalue weighted by Crippen LogP contribution is -2.25. The van der Waals surface area contributed by atoms with Gasteiger partial charge < -0.3 is 15.2 Å². The normalized spacial score (nSPS) is 14.2. The van der Waals surface area contributed by atoms with Crippen molar-refractivity contribution in [2.24, 2.45) is 0 Å². The van der Waals surface area contributed by atoms with Crippen LogP contribution in [-0.4, -0.2) is 46.2 Å². The predicted molar refractivity (Wildman–Crippen MR) is 125 cm³/mol. The van der Waals surface area contributed by atoms with E-state index in [0.29, 0.717) is 12.6 Å². The second-order valence-electron chi connectivity index (χ2n) is 7.76. The molecule has 0 amide bonds. The summed E-state index contributed by atoms with van der Waals surface area (Å²) in [7, 11) is 0. The van der Waals surface area contributed by atoms with Gasteiger partial charge in [0.25, 0.3) is 0 Å². The molecule has 6 heteroatoms. The molecule has 31 heavy (non-hydrogen) atoms. The monoisotopic (exact) mass is 416 g/mol. The van der Waals surface area contributed by atoms with Crippen LogP contribution in [0.4, 0.5) is 11.6 Å². The summed E-state index contributed by atoms with van der Waals surface area (Å²) < 4.78 is 5.84. The van der Waals surface area contributed by atoms with Crippen molar-refractivity contribution in [2.45, 2.75) is 19.8 Å². The van der Waals surface area contributed by atoms with Crippen LogP contribution in [0.25, 0.3) is 12.2 Å². The molecule has 1 aromatic heterocycles. The van der Waals surface area contributed by atoms with Gasteiger partial charge in [-0.3, -0.25) is 4.90 Å². The van der Waals surface area contributed by atoms with Gasteiger partial charge in [0, 0.05) is 30.2 Å². The highest BCUT2D eigenvalue weighted by Gasteiger charge is 2.10. The summed E-state index contributed by atoms with van der Waals surface area (Å²) >= 11 is 0. The van der Waals surface area contributed by atoms with E-state index in [1.54, 1.807) is 24.5 Å². The van der Waals surface area contributed by atoms with Crippen molar-refractivity contribution in [3.63, 3.8) is 0 Å². The summed E-state index contributed by atoms with van der Waals surface area (Å²) in [6.07, 6.45) is 10.0. The number of ether oxygens (including phenoxy) is 1. The molecule has 0 aliphatic carbocycles. The fourth-order valence-corrected chi connectivity index (χ4v) is 3.54. The molecule has 0 saturated carbocycles. The van der Waals surface area contributed by atoms with Crippen molar-refractivity contribution in [1.29, 1.82) is 0 Å². The van der Waals surface area contributed by atoms with Gasteiger partial charge in [-0.05, 0) is 80.4 Å². The Morgan fingerprint density at radius 3 is 2.52 bits per heavy atom. The molecule has 2 aromatic carbocycles. The average Bonchev–Trinajstić information content (AvgIpc) is 3.30. The lowest BCUT2D eigenvalue weighted by molar-refractivity contribution is 0.238. The summed E-state index contributed by atoms with van der Waals surface area (Å²) in [4.78, 5) is 11.2. The maximum absolute atomic E-state index is 9.64. The minimum Gasteiger partial charge on any atom is -0.508 e. The highest BCUT2D eigenvalue weighted by molar-refractivity contribution is 5.71. The Morgan fingerprint density at radius 2 is 1.77 bits per heavy atom. The van der Waals surface area contributed by atoms with Crippen molar-refractivity contribution >= 4 is 23.8 Å². The second kappa shape index (κ2) is 10.1. The molecule has 1 fully saturated rings. The minimum atomic E-state index is 0.254. The Balaban J connectivity index is 1.29. The lowest BCUT2D eigenvalue weighted by atomic mass is 10.1. The van der Waals surface area contributed by atoms with Gasteiger partial charge in [-0.1, -0.05) is 18.2 Å². The third-order valence-corrected chi connectivity index (χ3v) is 5.38. The van der Waals surface area contributed by atoms with Crippen molar-refractivity contribution < 1.29 is 9.84 Å². The van der Waals surface area contributed by atoms with E-state index >= 15 is 0 Å². The zero-order valence-corrected chi connectivity index (χ0v) is 17.8. The van der Waals surface area contributed by atoms with Crippen LogP contribution in [0.5, 0.6) is 11.5 Å². The van der Waals surface area contributed by atoms with E-state index in [9.17, 15) is 5.11 Å². The molecule has 160 valence electrons. The molecule has 2 heterocycles. The van der Waals surface area contributed by atoms with Crippen LogP contribution >= 0.6 is 0 Å². The molecule has 0 radical (unpaired) electrons. The van der Waals surface area contributed by atoms with Crippen molar-refractivity contribution in [2.75, 3.05) is 31.6 Å². The molecular weight excluding hydrogens is 388 g/mol. The summed E-state index contributed by atoms with van der Waals surface area (Å²) in [5.41, 5.74) is 3.85. The number of rotatable bonds is 8. The predicted octanol–water partition coefficient (Wildman–Crippen LogP) is 4.88. The number of hydrogen-bond acceptors (Lipinski definition) is 6. The summed E-state index contributed by atoms with van der Waals surface area (Å²) in [5, 5.41) is 12.8. The molecule has 1 saturated heterocycles. The molecule has 1 aliphatic rings. The Labute approximate surface area is 183 Å². The van der Waals surface area contributed by atoms with Crippen molar-refractivity contribution in [3.8, 4) is 11.5 Å². The van der Waals surface area contributed by atoms with Crippen LogP contribution in [0.3, 0.4) is 0 Å². The number of phenolic OH excluding ortho intramolecular Hbond substituents is 1. The first kappa shape index (κ1) is 20.9. The average molecular weight is 417 g/mol. The third-order valence-electron chi connectivity index (χ3n) is 5.38. The zero-order chi connectivity index (χ0) is 21.5. The van der Waals surface area contributed by atoms with E-state index in [1.807, 2.05) is 49.4 Å². The Morgan fingerprint density at radius 1 is 1.03 bits per heavy atom. The van der Waals surface area contributed by atoms with Crippen molar-refractivity contribution in [1.82, 2.24) is 14.9 Å². The fourth-order valence-electron chi connectivity index (χ4n) is 3.54. The molecule has 2 N–H and O–H groups in total. The third kappa shape index (κ3) is 6.06. The van der Waals surface area contributed by atoms with Gasteiger partial charge in [-0.2, -0.15) is 0 Å². The molecule has 3 aromatic rings. The number of likely N-dealkylation sites (tertiary alicyclic amines) is 1. The summed E-state index contributed by atoms with van der Waals surface area (Å²) in [6.45, 7) is 6.09. The van der Waals surface area contributed by atoms with E-state index in [4.69, 9.17) is 4.74 Å². The number of aryl methyl sites for hydroxylation is 1. The van der Waals surface area contributed by atoms with E-state index in [-0.39, 0.29) is 5.75 Å². The van der Waals surface area contributed by atoms with Gasteiger partial charge >= 0.3 is 0 Å². The number of benzene rings is 2. The van der Waals surface area contributed by atoms with E-state index in [0.717, 1.165) is 34.7 Å². The first-order valence-electron chi connectivity index (χ1n) is 10.7. The number of aromatic nitrogens is 2. The summed E-state index contributed by atoms with van der Waals surface area (Å²) in [5.74, 6) is 1.66. The summed E-state index contributed by atoms with van der Waals surface area (Å²) in [6, 6.07) is 13.2. The molecule has 4 rings (SSSR count). The maximum Gasteiger partial charge on any atom is 0.227 e. The van der Waals surface area contributed by atoms with Gasteiger partial charge in [-0.15, -0.1) is 0 Å². The number of aromatic hydroxyl groups is 1. The molecular formula is C25H28N4O2. The minimum absolute atomic E-state index is 0.254. The molecule has 0 atom stereocenters. The first-order valence-corrected chi connectivity index (χ1v) is 10.7. The largest absolute Gasteiger partial charge is 0.508 e. The van der Waals surface area contributed by atoms with Crippen LogP contribution in [0.1, 0.15) is 29.5 Å². The van der Waals surface area contributed by atoms with Crippen LogP contribution in [0.2, 0.25) is 0 Å². The molecule has 6 nitrogen and oxygen atoms in total.